The van der Waals surface area contributed by atoms with Crippen molar-refractivity contribution in [3.05, 3.63) is 0 Å². The molecule has 1 rings (SSSR count). The van der Waals surface area contributed by atoms with Crippen molar-refractivity contribution in [1.29, 1.82) is 0 Å². The monoisotopic (exact) mass is 117 g/mol. The molecule has 0 aliphatic carbocycles. The summed E-state index contributed by atoms with van der Waals surface area (Å²) >= 11 is 0. The smallest absolute Gasteiger partial charge is 0.337 e. The van der Waals surface area contributed by atoms with Gasteiger partial charge in [-0.15, -0.1) is 0 Å². The molecule has 0 spiro atoms. The number of cyclic esters (lactones) is 1. The van der Waals surface area contributed by atoms with Gasteiger partial charge in [0.1, 0.15) is 0 Å². The SMILES string of the molecule is NO[C@@H]1CCOC1=O. The number of rotatable bonds is 1. The van der Waals surface area contributed by atoms with Crippen molar-refractivity contribution < 1.29 is 14.4 Å². The molecule has 1 aliphatic heterocycles. The van der Waals surface area contributed by atoms with E-state index in [4.69, 9.17) is 5.90 Å². The highest BCUT2D eigenvalue weighted by molar-refractivity contribution is 5.76. The molecule has 1 aliphatic rings. The van der Waals surface area contributed by atoms with Crippen LogP contribution in [0.4, 0.5) is 0 Å². The lowest BCUT2D eigenvalue weighted by Gasteiger charge is -1.97. The summed E-state index contributed by atoms with van der Waals surface area (Å²) in [5.41, 5.74) is 0. The third-order valence-electron chi connectivity index (χ3n) is 1.05. The van der Waals surface area contributed by atoms with Crippen LogP contribution in [0, 0.1) is 0 Å². The van der Waals surface area contributed by atoms with Gasteiger partial charge >= 0.3 is 5.97 Å². The molecule has 1 fully saturated rings. The van der Waals surface area contributed by atoms with Crippen LogP contribution in [0.5, 0.6) is 0 Å². The van der Waals surface area contributed by atoms with Crippen LogP contribution in [0.3, 0.4) is 0 Å². The molecule has 2 N–H and O–H groups in total. The molecule has 1 atom stereocenters. The van der Waals surface area contributed by atoms with E-state index in [1.165, 1.54) is 0 Å². The number of hydrogen-bond donors (Lipinski definition) is 1. The van der Waals surface area contributed by atoms with E-state index < -0.39 is 6.10 Å². The fourth-order valence-corrected chi connectivity index (χ4v) is 0.601. The van der Waals surface area contributed by atoms with E-state index in [1.807, 2.05) is 0 Å². The molecule has 0 saturated carbocycles. The first kappa shape index (κ1) is 5.53. The van der Waals surface area contributed by atoms with E-state index >= 15 is 0 Å². The van der Waals surface area contributed by atoms with Gasteiger partial charge < -0.3 is 4.74 Å². The zero-order valence-electron chi connectivity index (χ0n) is 4.29. The molecule has 4 heteroatoms. The van der Waals surface area contributed by atoms with Crippen molar-refractivity contribution in [1.82, 2.24) is 0 Å². The van der Waals surface area contributed by atoms with Gasteiger partial charge in [0.05, 0.1) is 6.61 Å². The summed E-state index contributed by atoms with van der Waals surface area (Å²) in [6, 6.07) is 0. The Morgan fingerprint density at radius 1 is 1.88 bits per heavy atom. The minimum absolute atomic E-state index is 0.354. The van der Waals surface area contributed by atoms with Crippen LogP contribution in [0.15, 0.2) is 0 Å². The average Bonchev–Trinajstić information content (AvgIpc) is 2.14. The first-order valence-electron chi connectivity index (χ1n) is 2.37. The molecule has 8 heavy (non-hydrogen) atoms. The molecule has 0 unspecified atom stereocenters. The Morgan fingerprint density at radius 2 is 2.62 bits per heavy atom. The summed E-state index contributed by atoms with van der Waals surface area (Å²) in [5, 5.41) is 0. The quantitative estimate of drug-likeness (QED) is 0.360. The summed E-state index contributed by atoms with van der Waals surface area (Å²) in [7, 11) is 0. The lowest BCUT2D eigenvalue weighted by Crippen LogP contribution is -2.21. The van der Waals surface area contributed by atoms with Crippen LogP contribution >= 0.6 is 0 Å². The van der Waals surface area contributed by atoms with Gasteiger partial charge in [-0.1, -0.05) is 0 Å². The number of ether oxygens (including phenoxy) is 1. The van der Waals surface area contributed by atoms with Crippen LogP contribution < -0.4 is 5.90 Å². The Balaban J connectivity index is 2.42. The standard InChI is InChI=1S/C4H7NO3/c5-8-3-1-2-7-4(3)6/h3H,1-2,5H2/t3-/m1/s1. The van der Waals surface area contributed by atoms with Gasteiger partial charge in [-0.3, -0.25) is 4.84 Å². The van der Waals surface area contributed by atoms with E-state index in [9.17, 15) is 4.79 Å². The van der Waals surface area contributed by atoms with Crippen molar-refractivity contribution in [2.45, 2.75) is 12.5 Å². The number of nitrogens with two attached hydrogens (primary N) is 1. The number of esters is 1. The molecule has 46 valence electrons. The summed E-state index contributed by atoms with van der Waals surface area (Å²) in [6.07, 6.45) is 0.0602. The summed E-state index contributed by atoms with van der Waals surface area (Å²) in [5.74, 6) is 4.37. The fraction of sp³-hybridized carbons (Fsp3) is 0.750. The Bertz CT molecular complexity index is 103. The van der Waals surface area contributed by atoms with Crippen molar-refractivity contribution in [3.8, 4) is 0 Å². The van der Waals surface area contributed by atoms with E-state index in [0.29, 0.717) is 13.0 Å². The molecule has 0 radical (unpaired) electrons. The van der Waals surface area contributed by atoms with E-state index in [2.05, 4.69) is 9.57 Å². The Labute approximate surface area is 46.5 Å². The third-order valence-corrected chi connectivity index (χ3v) is 1.05. The normalized spacial score (nSPS) is 28.1. The first-order valence-corrected chi connectivity index (χ1v) is 2.37. The second-order valence-corrected chi connectivity index (χ2v) is 1.58. The van der Waals surface area contributed by atoms with Gasteiger partial charge in [-0.25, -0.2) is 10.7 Å². The molecule has 0 amide bonds. The predicted molar refractivity (Wildman–Crippen MR) is 24.6 cm³/mol. The van der Waals surface area contributed by atoms with Crippen molar-refractivity contribution in [2.24, 2.45) is 5.90 Å². The summed E-state index contributed by atoms with van der Waals surface area (Å²) in [6.45, 7) is 0.431. The molecule has 4 nitrogen and oxygen atoms in total. The fourth-order valence-electron chi connectivity index (χ4n) is 0.601. The van der Waals surface area contributed by atoms with Gasteiger partial charge in [-0.05, 0) is 0 Å². The third kappa shape index (κ3) is 0.801. The number of carbonyl (C=O) groups excluding carboxylic acids is 1. The molecule has 0 aromatic rings. The van der Waals surface area contributed by atoms with Crippen LogP contribution in [0.2, 0.25) is 0 Å². The molecule has 1 heterocycles. The molecular weight excluding hydrogens is 110 g/mol. The Hall–Kier alpha value is -0.610. The van der Waals surface area contributed by atoms with Crippen LogP contribution in [0.1, 0.15) is 6.42 Å². The van der Waals surface area contributed by atoms with Crippen LogP contribution in [0.25, 0.3) is 0 Å². The van der Waals surface area contributed by atoms with E-state index in [-0.39, 0.29) is 5.97 Å². The first-order chi connectivity index (χ1) is 3.84. The van der Waals surface area contributed by atoms with Gasteiger partial charge in [0.2, 0.25) is 0 Å². The van der Waals surface area contributed by atoms with Crippen LogP contribution in [-0.4, -0.2) is 18.7 Å². The highest BCUT2D eigenvalue weighted by Crippen LogP contribution is 2.06. The molecular formula is C4H7NO3. The minimum atomic E-state index is -0.519. The van der Waals surface area contributed by atoms with Gasteiger partial charge in [-0.2, -0.15) is 0 Å². The average molecular weight is 117 g/mol. The second-order valence-electron chi connectivity index (χ2n) is 1.58. The predicted octanol–water partition coefficient (Wildman–Crippen LogP) is -0.808. The van der Waals surface area contributed by atoms with Crippen molar-refractivity contribution >= 4 is 5.97 Å². The molecule has 1 saturated heterocycles. The molecule has 0 aromatic carbocycles. The van der Waals surface area contributed by atoms with E-state index in [0.717, 1.165) is 0 Å². The van der Waals surface area contributed by atoms with E-state index in [1.54, 1.807) is 0 Å². The molecule has 0 bridgehead atoms. The van der Waals surface area contributed by atoms with Gasteiger partial charge in [0.25, 0.3) is 0 Å². The maximum atomic E-state index is 10.4. The second kappa shape index (κ2) is 2.11. The number of hydrogen-bond acceptors (Lipinski definition) is 4. The lowest BCUT2D eigenvalue weighted by atomic mass is 10.3. The Kier molecular flexibility index (Phi) is 1.45. The maximum absolute atomic E-state index is 10.4. The summed E-state index contributed by atoms with van der Waals surface area (Å²) < 4.78 is 4.51. The Morgan fingerprint density at radius 3 is 2.88 bits per heavy atom. The highest BCUT2D eigenvalue weighted by atomic mass is 16.7. The molecule has 0 aromatic heterocycles. The van der Waals surface area contributed by atoms with Gasteiger partial charge in [0.15, 0.2) is 6.10 Å². The van der Waals surface area contributed by atoms with Crippen molar-refractivity contribution in [3.63, 3.8) is 0 Å². The largest absolute Gasteiger partial charge is 0.464 e. The van der Waals surface area contributed by atoms with Crippen LogP contribution in [-0.2, 0) is 14.4 Å². The zero-order chi connectivity index (χ0) is 5.98. The lowest BCUT2D eigenvalue weighted by molar-refractivity contribution is -0.147. The van der Waals surface area contributed by atoms with Crippen molar-refractivity contribution in [2.75, 3.05) is 6.61 Å². The topological polar surface area (TPSA) is 61.6 Å². The van der Waals surface area contributed by atoms with Gasteiger partial charge in [0, 0.05) is 6.42 Å². The minimum Gasteiger partial charge on any atom is -0.464 e. The summed E-state index contributed by atoms with van der Waals surface area (Å²) in [4.78, 5) is 14.6. The maximum Gasteiger partial charge on any atom is 0.337 e. The number of carbonyl (C=O) groups is 1. The highest BCUT2D eigenvalue weighted by Gasteiger charge is 2.26. The zero-order valence-corrected chi connectivity index (χ0v) is 4.29.